The number of cyclic esters (lactones) is 2. The second-order valence-corrected chi connectivity index (χ2v) is 10.1. The van der Waals surface area contributed by atoms with Crippen molar-refractivity contribution in [2.45, 2.75) is 44.5 Å². The van der Waals surface area contributed by atoms with Crippen LogP contribution in [0.2, 0.25) is 0 Å². The van der Waals surface area contributed by atoms with Crippen molar-refractivity contribution in [1.29, 1.82) is 0 Å². The Morgan fingerprint density at radius 1 is 0.971 bits per heavy atom. The van der Waals surface area contributed by atoms with E-state index in [-0.39, 0.29) is 10.9 Å². The van der Waals surface area contributed by atoms with E-state index in [0.29, 0.717) is 13.1 Å². The molecule has 1 aliphatic rings. The molecule has 0 unspecified atom stereocenters. The van der Waals surface area contributed by atoms with Crippen molar-refractivity contribution in [3.63, 3.8) is 0 Å². The van der Waals surface area contributed by atoms with Crippen molar-refractivity contribution in [1.82, 2.24) is 14.7 Å². The van der Waals surface area contributed by atoms with Crippen LogP contribution in [0, 0.1) is 0 Å². The van der Waals surface area contributed by atoms with Gasteiger partial charge in [-0.3, -0.25) is 4.90 Å². The maximum Gasteiger partial charge on any atom is 0.361 e. The highest BCUT2D eigenvalue weighted by atomic mass is 32.2. The highest BCUT2D eigenvalue weighted by Gasteiger charge is 2.51. The molecule has 1 aromatic rings. The molecule has 1 heterocycles. The molecule has 0 aliphatic carbocycles. The number of benzene rings is 1. The molecule has 0 aromatic heterocycles. The summed E-state index contributed by atoms with van der Waals surface area (Å²) in [5.74, 6) is -5.47. The van der Waals surface area contributed by atoms with E-state index in [2.05, 4.69) is 4.90 Å². The lowest BCUT2D eigenvalue weighted by Crippen LogP contribution is -2.62. The highest BCUT2D eigenvalue weighted by molar-refractivity contribution is 7.91. The van der Waals surface area contributed by atoms with Gasteiger partial charge in [-0.2, -0.15) is 0 Å². The third kappa shape index (κ3) is 6.57. The average molecular weight is 496 g/mol. The number of likely N-dealkylation sites (N-methyl/N-ethyl adjacent to an activating group) is 1. The van der Waals surface area contributed by atoms with E-state index in [1.165, 1.54) is 36.2 Å². The molecule has 34 heavy (non-hydrogen) atoms. The summed E-state index contributed by atoms with van der Waals surface area (Å²) in [7, 11) is -2.89. The highest BCUT2D eigenvalue weighted by Crippen LogP contribution is 2.28. The number of ether oxygens (including phenoxy) is 2. The van der Waals surface area contributed by atoms with Gasteiger partial charge in [0.25, 0.3) is 0 Å². The number of hydrogen-bond donors (Lipinski definition) is 0. The smallest absolute Gasteiger partial charge is 0.361 e. The maximum absolute atomic E-state index is 13.6. The van der Waals surface area contributed by atoms with Gasteiger partial charge in [-0.15, -0.1) is 0 Å². The molecule has 0 saturated heterocycles. The molecule has 0 atom stereocenters. The van der Waals surface area contributed by atoms with Crippen LogP contribution in [0.3, 0.4) is 0 Å². The molecule has 2 rings (SSSR count). The Morgan fingerprint density at radius 2 is 1.50 bits per heavy atom. The molecule has 0 fully saturated rings. The van der Waals surface area contributed by atoms with Crippen LogP contribution in [-0.4, -0.2) is 92.0 Å². The van der Waals surface area contributed by atoms with Crippen LogP contribution in [0.4, 0.5) is 4.79 Å². The standard InChI is InChI=1S/C23H33N3O7S/c1-6-25(7-2)15-16-26(18(3)4)22(29)24(5)23(32-20(27)13-14-21(28)33-23)17-34(30,31)19-11-9-8-10-12-19/h8-14,18H,6-7,15-17H2,1-5H3. The zero-order chi connectivity index (χ0) is 25.5. The molecule has 1 aromatic carbocycles. The number of carbonyl (C=O) groups is 3. The fourth-order valence-electron chi connectivity index (χ4n) is 3.49. The molecule has 0 saturated carbocycles. The van der Waals surface area contributed by atoms with Crippen molar-refractivity contribution in [2.75, 3.05) is 39.0 Å². The van der Waals surface area contributed by atoms with E-state index in [1.54, 1.807) is 6.07 Å². The number of rotatable bonds is 10. The second-order valence-electron chi connectivity index (χ2n) is 8.12. The molecule has 11 heteroatoms. The van der Waals surface area contributed by atoms with E-state index in [1.807, 2.05) is 27.7 Å². The second kappa shape index (κ2) is 11.5. The van der Waals surface area contributed by atoms with Crippen LogP contribution in [0.25, 0.3) is 0 Å². The minimum atomic E-state index is -4.14. The minimum Gasteiger partial charge on any atom is -0.399 e. The molecule has 0 N–H and O–H groups in total. The SMILES string of the molecule is CCN(CC)CCN(C(=O)N(C)C1(CS(=O)(=O)c2ccccc2)OC(=O)C=CC(=O)O1)C(C)C. The van der Waals surface area contributed by atoms with Crippen LogP contribution >= 0.6 is 0 Å². The average Bonchev–Trinajstić information content (AvgIpc) is 2.93. The predicted molar refractivity (Wildman–Crippen MR) is 125 cm³/mol. The normalized spacial score (nSPS) is 15.6. The van der Waals surface area contributed by atoms with Crippen LogP contribution in [-0.2, 0) is 28.9 Å². The zero-order valence-corrected chi connectivity index (χ0v) is 21.1. The van der Waals surface area contributed by atoms with Gasteiger partial charge < -0.3 is 19.3 Å². The van der Waals surface area contributed by atoms with Gasteiger partial charge in [-0.1, -0.05) is 32.0 Å². The maximum atomic E-state index is 13.6. The van der Waals surface area contributed by atoms with E-state index in [0.717, 1.165) is 30.1 Å². The van der Waals surface area contributed by atoms with Gasteiger partial charge in [0, 0.05) is 38.3 Å². The fourth-order valence-corrected chi connectivity index (χ4v) is 5.02. The number of sulfone groups is 1. The number of nitrogens with zero attached hydrogens (tertiary/aromatic N) is 3. The number of esters is 2. The lowest BCUT2D eigenvalue weighted by atomic mass is 10.3. The molecule has 1 aliphatic heterocycles. The number of urea groups is 1. The van der Waals surface area contributed by atoms with E-state index in [4.69, 9.17) is 9.47 Å². The Labute approximate surface area is 201 Å². The van der Waals surface area contributed by atoms with Gasteiger partial charge in [0.15, 0.2) is 15.6 Å². The van der Waals surface area contributed by atoms with Crippen molar-refractivity contribution in [3.8, 4) is 0 Å². The Kier molecular flexibility index (Phi) is 9.22. The summed E-state index contributed by atoms with van der Waals surface area (Å²) in [6.07, 6.45) is 1.66. The summed E-state index contributed by atoms with van der Waals surface area (Å²) >= 11 is 0. The fraction of sp³-hybridized carbons (Fsp3) is 0.522. The van der Waals surface area contributed by atoms with Gasteiger partial charge in [0.05, 0.1) is 4.90 Å². The summed E-state index contributed by atoms with van der Waals surface area (Å²) in [5, 5.41) is 0. The summed E-state index contributed by atoms with van der Waals surface area (Å²) in [4.78, 5) is 42.6. The third-order valence-electron chi connectivity index (χ3n) is 5.57. The Morgan fingerprint density at radius 3 is 1.97 bits per heavy atom. The van der Waals surface area contributed by atoms with Crippen molar-refractivity contribution < 1.29 is 32.3 Å². The minimum absolute atomic E-state index is 0.0678. The number of hydrogen-bond acceptors (Lipinski definition) is 8. The molecule has 0 spiro atoms. The first-order valence-electron chi connectivity index (χ1n) is 11.1. The quantitative estimate of drug-likeness (QED) is 0.452. The van der Waals surface area contributed by atoms with Crippen LogP contribution in [0.1, 0.15) is 27.7 Å². The van der Waals surface area contributed by atoms with Gasteiger partial charge in [-0.25, -0.2) is 22.8 Å². The van der Waals surface area contributed by atoms with Crippen LogP contribution in [0.15, 0.2) is 47.4 Å². The zero-order valence-electron chi connectivity index (χ0n) is 20.3. The van der Waals surface area contributed by atoms with Crippen molar-refractivity contribution in [2.24, 2.45) is 0 Å². The topological polar surface area (TPSA) is 114 Å². The van der Waals surface area contributed by atoms with Crippen LogP contribution in [0.5, 0.6) is 0 Å². The summed E-state index contributed by atoms with van der Waals surface area (Å²) in [6.45, 7) is 10.2. The first-order valence-corrected chi connectivity index (χ1v) is 12.8. The Bertz CT molecular complexity index is 985. The number of amides is 2. The Hall–Kier alpha value is -2.92. The summed E-state index contributed by atoms with van der Waals surface area (Å²) in [6, 6.07) is 6.55. The number of carbonyl (C=O) groups excluding carboxylic acids is 3. The first kappa shape index (κ1) is 27.3. The van der Waals surface area contributed by atoms with E-state index < -0.39 is 39.5 Å². The molecule has 188 valence electrons. The molecule has 10 nitrogen and oxygen atoms in total. The van der Waals surface area contributed by atoms with Gasteiger partial charge in [0.1, 0.15) is 0 Å². The summed E-state index contributed by atoms with van der Waals surface area (Å²) in [5.41, 5.74) is 0. The molecule has 0 radical (unpaired) electrons. The van der Waals surface area contributed by atoms with E-state index >= 15 is 0 Å². The molecular weight excluding hydrogens is 462 g/mol. The largest absolute Gasteiger partial charge is 0.399 e. The van der Waals surface area contributed by atoms with Gasteiger partial charge >= 0.3 is 23.9 Å². The van der Waals surface area contributed by atoms with Gasteiger partial charge in [-0.05, 0) is 39.1 Å². The lowest BCUT2D eigenvalue weighted by Gasteiger charge is -2.41. The Balaban J connectivity index is 2.46. The van der Waals surface area contributed by atoms with Crippen molar-refractivity contribution >= 4 is 27.8 Å². The van der Waals surface area contributed by atoms with Gasteiger partial charge in [0.2, 0.25) is 0 Å². The molecule has 0 bridgehead atoms. The predicted octanol–water partition coefficient (Wildman–Crippen LogP) is 1.87. The van der Waals surface area contributed by atoms with Crippen LogP contribution < -0.4 is 0 Å². The van der Waals surface area contributed by atoms with Crippen molar-refractivity contribution in [3.05, 3.63) is 42.5 Å². The molecule has 2 amide bonds. The lowest BCUT2D eigenvalue weighted by molar-refractivity contribution is -0.254. The monoisotopic (exact) mass is 495 g/mol. The first-order chi connectivity index (χ1) is 16.0. The molecular formula is C23H33N3O7S. The van der Waals surface area contributed by atoms with E-state index in [9.17, 15) is 22.8 Å². The third-order valence-corrected chi connectivity index (χ3v) is 7.30. The summed E-state index contributed by atoms with van der Waals surface area (Å²) < 4.78 is 37.0.